The van der Waals surface area contributed by atoms with Crippen LogP contribution in [0.1, 0.15) is 43.7 Å². The van der Waals surface area contributed by atoms with Crippen molar-refractivity contribution in [3.8, 4) is 11.3 Å². The van der Waals surface area contributed by atoms with Crippen LogP contribution in [0.3, 0.4) is 0 Å². The lowest BCUT2D eigenvalue weighted by Gasteiger charge is -2.37. The third kappa shape index (κ3) is 3.03. The molecule has 2 amide bonds. The van der Waals surface area contributed by atoms with Crippen LogP contribution in [0.15, 0.2) is 30.7 Å². The molecule has 8 nitrogen and oxygen atoms in total. The van der Waals surface area contributed by atoms with Gasteiger partial charge in [0.15, 0.2) is 6.21 Å². The molecule has 188 valence electrons. The highest BCUT2D eigenvalue weighted by Crippen LogP contribution is 2.62. The number of imide groups is 1. The summed E-state index contributed by atoms with van der Waals surface area (Å²) in [5.74, 6) is 0.643. The van der Waals surface area contributed by atoms with Crippen LogP contribution in [0.25, 0.3) is 16.8 Å². The molecule has 0 bridgehead atoms. The van der Waals surface area contributed by atoms with Crippen LogP contribution < -0.4 is 10.2 Å². The van der Waals surface area contributed by atoms with Crippen molar-refractivity contribution in [2.45, 2.75) is 38.6 Å². The van der Waals surface area contributed by atoms with Gasteiger partial charge in [-0.25, -0.2) is 19.1 Å². The number of amides is 2. The number of hydrogen-bond acceptors (Lipinski definition) is 6. The minimum atomic E-state index is -0.227. The molecule has 8 rings (SSSR count). The minimum absolute atomic E-state index is 0.106. The Morgan fingerprint density at radius 3 is 2.76 bits per heavy atom. The summed E-state index contributed by atoms with van der Waals surface area (Å²) >= 11 is 6.70. The van der Waals surface area contributed by atoms with E-state index in [-0.39, 0.29) is 29.1 Å². The molecule has 0 radical (unpaired) electrons. The van der Waals surface area contributed by atoms with Crippen molar-refractivity contribution in [3.05, 3.63) is 46.9 Å². The molecule has 1 aromatic carbocycles. The van der Waals surface area contributed by atoms with E-state index < -0.39 is 0 Å². The number of fused-ring (bicyclic) bond motifs is 5. The van der Waals surface area contributed by atoms with E-state index in [1.165, 1.54) is 22.2 Å². The van der Waals surface area contributed by atoms with Gasteiger partial charge in [0.05, 0.1) is 22.5 Å². The number of hydrogen-bond donors (Lipinski definition) is 1. The molecule has 0 spiro atoms. The summed E-state index contributed by atoms with van der Waals surface area (Å²) in [6.07, 6.45) is 7.41. The highest BCUT2D eigenvalue weighted by atomic mass is 35.5. The number of piperidine rings is 1. The molecule has 3 aliphatic heterocycles. The van der Waals surface area contributed by atoms with E-state index >= 15 is 0 Å². The summed E-state index contributed by atoms with van der Waals surface area (Å²) < 4.78 is 3.08. The molecule has 9 heteroatoms. The Morgan fingerprint density at radius 1 is 1.19 bits per heavy atom. The van der Waals surface area contributed by atoms with Crippen molar-refractivity contribution in [1.29, 1.82) is 0 Å². The van der Waals surface area contributed by atoms with Crippen LogP contribution in [0.2, 0.25) is 5.02 Å². The Labute approximate surface area is 219 Å². The van der Waals surface area contributed by atoms with E-state index in [0.29, 0.717) is 17.9 Å². The SMILES string of the molecule is CC1(C)C2C(=O)[N+](=Cc3cc4c(-c5cc(Cl)cc6c5N(C5CCNC5)CC5CC65)ncnn4c3)C(=O)C21. The van der Waals surface area contributed by atoms with Gasteiger partial charge in [0, 0.05) is 35.9 Å². The molecule has 4 fully saturated rings. The Balaban J connectivity index is 1.25. The van der Waals surface area contributed by atoms with Crippen molar-refractivity contribution < 1.29 is 14.2 Å². The number of rotatable bonds is 3. The fraction of sp³-hybridized carbons (Fsp3) is 0.464. The molecule has 2 saturated carbocycles. The zero-order valence-corrected chi connectivity index (χ0v) is 21.6. The maximum absolute atomic E-state index is 12.9. The molecule has 1 N–H and O–H groups in total. The molecule has 5 aliphatic rings. The normalized spacial score (nSPS) is 30.9. The molecule has 5 unspecified atom stereocenters. The monoisotopic (exact) mass is 515 g/mol. The van der Waals surface area contributed by atoms with E-state index in [4.69, 9.17) is 16.6 Å². The van der Waals surface area contributed by atoms with Gasteiger partial charge in [-0.1, -0.05) is 30.0 Å². The van der Waals surface area contributed by atoms with E-state index in [1.807, 2.05) is 32.2 Å². The lowest BCUT2D eigenvalue weighted by atomic mass is 9.94. The summed E-state index contributed by atoms with van der Waals surface area (Å²) in [6.45, 7) is 7.07. The minimum Gasteiger partial charge on any atom is -0.366 e. The Kier molecular flexibility index (Phi) is 4.31. The number of nitrogens with zero attached hydrogens (tertiary/aromatic N) is 5. The molecule has 37 heavy (non-hydrogen) atoms. The molecule has 3 aromatic rings. The van der Waals surface area contributed by atoms with Gasteiger partial charge < -0.3 is 10.2 Å². The lowest BCUT2D eigenvalue weighted by Crippen LogP contribution is -2.41. The van der Waals surface area contributed by atoms with Gasteiger partial charge in [-0.2, -0.15) is 5.10 Å². The van der Waals surface area contributed by atoms with Gasteiger partial charge in [-0.15, -0.1) is 0 Å². The Morgan fingerprint density at radius 2 is 2.00 bits per heavy atom. The fourth-order valence-electron chi connectivity index (χ4n) is 7.29. The van der Waals surface area contributed by atoms with Crippen LogP contribution >= 0.6 is 11.6 Å². The maximum atomic E-state index is 12.9. The zero-order chi connectivity index (χ0) is 25.2. The van der Waals surface area contributed by atoms with Crippen LogP contribution in [-0.4, -0.2) is 62.9 Å². The average Bonchev–Trinajstić information content (AvgIpc) is 3.48. The summed E-state index contributed by atoms with van der Waals surface area (Å²) in [4.78, 5) is 33.1. The van der Waals surface area contributed by atoms with Gasteiger partial charge in [0.1, 0.15) is 18.2 Å². The van der Waals surface area contributed by atoms with Crippen LogP contribution in [0.4, 0.5) is 5.69 Å². The molecular weight excluding hydrogens is 488 g/mol. The number of carbonyl (C=O) groups excluding carboxylic acids is 2. The topological polar surface area (TPSA) is 82.6 Å². The first-order chi connectivity index (χ1) is 17.8. The summed E-state index contributed by atoms with van der Waals surface area (Å²) in [7, 11) is 0. The first-order valence-electron chi connectivity index (χ1n) is 13.2. The first-order valence-corrected chi connectivity index (χ1v) is 13.6. The van der Waals surface area contributed by atoms with E-state index in [9.17, 15) is 9.59 Å². The zero-order valence-electron chi connectivity index (χ0n) is 20.8. The molecule has 2 saturated heterocycles. The predicted molar refractivity (Wildman–Crippen MR) is 139 cm³/mol. The standard InChI is InChI=1S/C28H28ClN6O2/c1-28(2)22-23(28)27(37)34(26(22)36)10-14-5-21-24(31-13-32-35(21)11-14)20-8-16(29)7-19-18-6-15(18)12-33(25(19)20)17-3-4-30-9-17/h5,7-8,10-11,13,15,17-18,22-23,30H,3-4,6,9,12H2,1-2H3/q+1. The first kappa shape index (κ1) is 21.9. The highest BCUT2D eigenvalue weighted by molar-refractivity contribution is 6.31. The molecular formula is C28H28ClN6O2+. The molecule has 2 aliphatic carbocycles. The maximum Gasteiger partial charge on any atom is 0.399 e. The Hall–Kier alpha value is -3.10. The highest BCUT2D eigenvalue weighted by Gasteiger charge is 2.78. The van der Waals surface area contributed by atoms with Crippen molar-refractivity contribution in [2.24, 2.45) is 23.2 Å². The van der Waals surface area contributed by atoms with E-state index in [0.717, 1.165) is 53.4 Å². The van der Waals surface area contributed by atoms with Crippen LogP contribution in [0, 0.1) is 23.2 Å². The quantitative estimate of drug-likeness (QED) is 0.426. The largest absolute Gasteiger partial charge is 0.399 e. The van der Waals surface area contributed by atoms with E-state index in [1.54, 1.807) is 17.1 Å². The number of halogens is 1. The summed E-state index contributed by atoms with van der Waals surface area (Å²) in [5, 5.41) is 8.68. The second kappa shape index (κ2) is 7.26. The van der Waals surface area contributed by atoms with Gasteiger partial charge in [-0.05, 0) is 60.4 Å². The van der Waals surface area contributed by atoms with Gasteiger partial charge in [0.2, 0.25) is 0 Å². The van der Waals surface area contributed by atoms with Crippen molar-refractivity contribution >= 4 is 40.8 Å². The summed E-state index contributed by atoms with van der Waals surface area (Å²) in [5.41, 5.74) is 5.75. The number of carbonyl (C=O) groups is 2. The number of benzene rings is 1. The second-order valence-electron chi connectivity index (χ2n) is 12.0. The fourth-order valence-corrected chi connectivity index (χ4v) is 7.51. The second-order valence-corrected chi connectivity index (χ2v) is 12.4. The average molecular weight is 516 g/mol. The number of aromatic nitrogens is 3. The smallest absolute Gasteiger partial charge is 0.366 e. The third-order valence-corrected chi connectivity index (χ3v) is 9.63. The van der Waals surface area contributed by atoms with Crippen LogP contribution in [-0.2, 0) is 9.59 Å². The van der Waals surface area contributed by atoms with Gasteiger partial charge >= 0.3 is 11.8 Å². The van der Waals surface area contributed by atoms with Crippen molar-refractivity contribution in [3.63, 3.8) is 0 Å². The molecule has 5 atom stereocenters. The van der Waals surface area contributed by atoms with Gasteiger partial charge in [-0.3, -0.25) is 0 Å². The number of nitrogens with one attached hydrogen (secondary N) is 1. The van der Waals surface area contributed by atoms with Crippen molar-refractivity contribution in [1.82, 2.24) is 19.9 Å². The third-order valence-electron chi connectivity index (χ3n) is 9.41. The van der Waals surface area contributed by atoms with Crippen molar-refractivity contribution in [2.75, 3.05) is 24.5 Å². The molecule has 5 heterocycles. The molecule has 2 aromatic heterocycles. The van der Waals surface area contributed by atoms with Gasteiger partial charge in [0.25, 0.3) is 0 Å². The summed E-state index contributed by atoms with van der Waals surface area (Å²) in [6, 6.07) is 6.59. The number of anilines is 1. The van der Waals surface area contributed by atoms with Crippen LogP contribution in [0.5, 0.6) is 0 Å². The van der Waals surface area contributed by atoms with E-state index in [2.05, 4.69) is 21.4 Å². The predicted octanol–water partition coefficient (Wildman–Crippen LogP) is 3.11. The lowest BCUT2D eigenvalue weighted by molar-refractivity contribution is -0.375. The Bertz CT molecular complexity index is 1540.